The lowest BCUT2D eigenvalue weighted by molar-refractivity contribution is -0.110. The average Bonchev–Trinajstić information content (AvgIpc) is 3.06. The maximum atomic E-state index is 12.1. The molecular weight excluding hydrogens is 290 g/mol. The summed E-state index contributed by atoms with van der Waals surface area (Å²) in [5.41, 5.74) is 0.505. The highest BCUT2D eigenvalue weighted by Crippen LogP contribution is 2.40. The van der Waals surface area contributed by atoms with E-state index in [-0.39, 0.29) is 5.91 Å². The van der Waals surface area contributed by atoms with Gasteiger partial charge < -0.3 is 19.8 Å². The molecule has 0 aliphatic rings. The largest absolute Gasteiger partial charge is 0.444 e. The van der Waals surface area contributed by atoms with Crippen molar-refractivity contribution in [1.29, 1.82) is 0 Å². The Hall–Kier alpha value is -2.15. The number of aromatic nitrogens is 1. The van der Waals surface area contributed by atoms with Crippen LogP contribution >= 0.6 is 11.3 Å². The number of aldehydes is 1. The highest BCUT2D eigenvalue weighted by molar-refractivity contribution is 7.20. The van der Waals surface area contributed by atoms with Crippen LogP contribution in [0.2, 0.25) is 0 Å². The van der Waals surface area contributed by atoms with Crippen LogP contribution in [0.4, 0.5) is 5.00 Å². The molecule has 0 aliphatic carbocycles. The first kappa shape index (κ1) is 15.2. The van der Waals surface area contributed by atoms with E-state index in [1.165, 1.54) is 17.6 Å². The van der Waals surface area contributed by atoms with E-state index in [4.69, 9.17) is 4.42 Å². The van der Waals surface area contributed by atoms with Crippen molar-refractivity contribution in [3.8, 4) is 10.8 Å². The SMILES string of the molecule is CNC(=O)c1c(NC(C)(C)C=O)sc(-c2ncco2)c1C. The van der Waals surface area contributed by atoms with Gasteiger partial charge in [-0.05, 0) is 26.3 Å². The van der Waals surface area contributed by atoms with Crippen LogP contribution in [-0.4, -0.2) is 29.8 Å². The van der Waals surface area contributed by atoms with E-state index in [9.17, 15) is 9.59 Å². The normalized spacial score (nSPS) is 11.2. The molecule has 2 rings (SSSR count). The Bertz CT molecular complexity index is 659. The molecule has 112 valence electrons. The van der Waals surface area contributed by atoms with Gasteiger partial charge in [0.2, 0.25) is 5.89 Å². The number of rotatable bonds is 5. The van der Waals surface area contributed by atoms with E-state index in [0.29, 0.717) is 16.5 Å². The standard InChI is InChI=1S/C14H17N3O3S/c1-8-9(11(19)15-4)13(17-14(2,3)7-18)21-10(8)12-16-5-6-20-12/h5-7,17H,1-4H3,(H,15,19). The third-order valence-corrected chi connectivity index (χ3v) is 4.15. The van der Waals surface area contributed by atoms with Crippen LogP contribution in [0.25, 0.3) is 10.8 Å². The van der Waals surface area contributed by atoms with Crippen molar-refractivity contribution in [3.05, 3.63) is 23.6 Å². The Morgan fingerprint density at radius 3 is 2.71 bits per heavy atom. The van der Waals surface area contributed by atoms with Crippen LogP contribution in [0, 0.1) is 6.92 Å². The van der Waals surface area contributed by atoms with Gasteiger partial charge in [-0.2, -0.15) is 0 Å². The Kier molecular flexibility index (Phi) is 4.13. The van der Waals surface area contributed by atoms with Crippen LogP contribution in [0.1, 0.15) is 29.8 Å². The predicted molar refractivity (Wildman–Crippen MR) is 81.7 cm³/mol. The lowest BCUT2D eigenvalue weighted by atomic mass is 10.1. The summed E-state index contributed by atoms with van der Waals surface area (Å²) < 4.78 is 5.31. The molecule has 7 heteroatoms. The predicted octanol–water partition coefficient (Wildman–Crippen LogP) is 2.46. The zero-order chi connectivity index (χ0) is 15.6. The van der Waals surface area contributed by atoms with E-state index < -0.39 is 5.54 Å². The van der Waals surface area contributed by atoms with Gasteiger partial charge in [-0.3, -0.25) is 4.79 Å². The van der Waals surface area contributed by atoms with E-state index in [0.717, 1.165) is 16.7 Å². The van der Waals surface area contributed by atoms with E-state index in [2.05, 4.69) is 15.6 Å². The topological polar surface area (TPSA) is 84.2 Å². The number of hydrogen-bond acceptors (Lipinski definition) is 6. The van der Waals surface area contributed by atoms with Gasteiger partial charge in [0.15, 0.2) is 0 Å². The number of hydrogen-bond donors (Lipinski definition) is 2. The highest BCUT2D eigenvalue weighted by Gasteiger charge is 2.26. The molecule has 0 atom stereocenters. The number of anilines is 1. The van der Waals surface area contributed by atoms with Crippen LogP contribution in [-0.2, 0) is 4.79 Å². The Morgan fingerprint density at radius 1 is 1.48 bits per heavy atom. The Labute approximate surface area is 126 Å². The monoisotopic (exact) mass is 307 g/mol. The molecule has 2 aromatic heterocycles. The zero-order valence-corrected chi connectivity index (χ0v) is 13.1. The van der Waals surface area contributed by atoms with Crippen molar-refractivity contribution in [3.63, 3.8) is 0 Å². The van der Waals surface area contributed by atoms with Gasteiger partial charge in [0.25, 0.3) is 5.91 Å². The average molecular weight is 307 g/mol. The summed E-state index contributed by atoms with van der Waals surface area (Å²) in [6.07, 6.45) is 3.84. The van der Waals surface area contributed by atoms with Crippen molar-refractivity contribution >= 4 is 28.5 Å². The first-order chi connectivity index (χ1) is 9.89. The fourth-order valence-electron chi connectivity index (χ4n) is 1.86. The van der Waals surface area contributed by atoms with Gasteiger partial charge in [0, 0.05) is 7.05 Å². The maximum Gasteiger partial charge on any atom is 0.254 e. The zero-order valence-electron chi connectivity index (χ0n) is 12.3. The number of oxazole rings is 1. The summed E-state index contributed by atoms with van der Waals surface area (Å²) in [5.74, 6) is 0.241. The van der Waals surface area contributed by atoms with Crippen molar-refractivity contribution in [2.45, 2.75) is 26.3 Å². The fourth-order valence-corrected chi connectivity index (χ4v) is 3.17. The quantitative estimate of drug-likeness (QED) is 0.829. The van der Waals surface area contributed by atoms with Crippen LogP contribution in [0.3, 0.4) is 0 Å². The summed E-state index contributed by atoms with van der Waals surface area (Å²) in [4.78, 5) is 28.1. The van der Waals surface area contributed by atoms with Gasteiger partial charge in [-0.15, -0.1) is 11.3 Å². The van der Waals surface area contributed by atoms with E-state index in [1.807, 2.05) is 6.92 Å². The first-order valence-electron chi connectivity index (χ1n) is 6.39. The van der Waals surface area contributed by atoms with Crippen LogP contribution in [0.5, 0.6) is 0 Å². The van der Waals surface area contributed by atoms with Gasteiger partial charge in [0.1, 0.15) is 17.6 Å². The molecule has 0 saturated heterocycles. The summed E-state index contributed by atoms with van der Waals surface area (Å²) in [6.45, 7) is 5.32. The third kappa shape index (κ3) is 2.97. The van der Waals surface area contributed by atoms with Gasteiger partial charge in [-0.1, -0.05) is 0 Å². The van der Waals surface area contributed by atoms with E-state index in [1.54, 1.807) is 27.1 Å². The third-order valence-electron chi connectivity index (χ3n) is 2.96. The number of thiophene rings is 1. The molecule has 0 spiro atoms. The number of amides is 1. The smallest absolute Gasteiger partial charge is 0.254 e. The van der Waals surface area contributed by atoms with Crippen LogP contribution < -0.4 is 10.6 Å². The molecule has 0 unspecified atom stereocenters. The summed E-state index contributed by atoms with van der Waals surface area (Å²) >= 11 is 1.34. The van der Waals surface area contributed by atoms with E-state index >= 15 is 0 Å². The lowest BCUT2D eigenvalue weighted by Gasteiger charge is -2.20. The molecule has 0 aromatic carbocycles. The molecule has 2 aromatic rings. The maximum absolute atomic E-state index is 12.1. The molecule has 6 nitrogen and oxygen atoms in total. The fraction of sp³-hybridized carbons (Fsp3) is 0.357. The van der Waals surface area contributed by atoms with Gasteiger partial charge >= 0.3 is 0 Å². The van der Waals surface area contributed by atoms with Crippen molar-refractivity contribution in [2.75, 3.05) is 12.4 Å². The second-order valence-electron chi connectivity index (χ2n) is 5.14. The number of nitrogens with zero attached hydrogens (tertiary/aromatic N) is 1. The minimum absolute atomic E-state index is 0.217. The molecule has 21 heavy (non-hydrogen) atoms. The van der Waals surface area contributed by atoms with Gasteiger partial charge in [-0.25, -0.2) is 4.98 Å². The summed E-state index contributed by atoms with van der Waals surface area (Å²) in [6, 6.07) is 0. The molecular formula is C14H17N3O3S. The molecule has 0 saturated carbocycles. The number of carbonyl (C=O) groups excluding carboxylic acids is 2. The lowest BCUT2D eigenvalue weighted by Crippen LogP contribution is -2.33. The minimum Gasteiger partial charge on any atom is -0.444 e. The molecule has 0 aliphatic heterocycles. The molecule has 0 radical (unpaired) electrons. The number of nitrogens with one attached hydrogen (secondary N) is 2. The highest BCUT2D eigenvalue weighted by atomic mass is 32.1. The summed E-state index contributed by atoms with van der Waals surface area (Å²) in [7, 11) is 1.57. The number of carbonyl (C=O) groups is 2. The van der Waals surface area contributed by atoms with Crippen molar-refractivity contribution in [1.82, 2.24) is 10.3 Å². The van der Waals surface area contributed by atoms with Crippen molar-refractivity contribution < 1.29 is 14.0 Å². The first-order valence-corrected chi connectivity index (χ1v) is 7.21. The molecule has 0 fully saturated rings. The molecule has 1 amide bonds. The Balaban J connectivity index is 2.55. The summed E-state index contributed by atoms with van der Waals surface area (Å²) in [5, 5.41) is 6.33. The molecule has 2 heterocycles. The second-order valence-corrected chi connectivity index (χ2v) is 6.16. The second kappa shape index (κ2) is 5.69. The van der Waals surface area contributed by atoms with Crippen molar-refractivity contribution in [2.24, 2.45) is 0 Å². The minimum atomic E-state index is -0.770. The Morgan fingerprint density at radius 2 is 2.19 bits per heavy atom. The molecule has 0 bridgehead atoms. The molecule has 2 N–H and O–H groups in total. The van der Waals surface area contributed by atoms with Gasteiger partial charge in [0.05, 0.1) is 22.2 Å². The van der Waals surface area contributed by atoms with Crippen LogP contribution in [0.15, 0.2) is 16.9 Å².